The normalized spacial score (nSPS) is 15.8. The van der Waals surface area contributed by atoms with Gasteiger partial charge in [-0.1, -0.05) is 25.1 Å². The van der Waals surface area contributed by atoms with Crippen LogP contribution in [0.3, 0.4) is 0 Å². The summed E-state index contributed by atoms with van der Waals surface area (Å²) >= 11 is 0. The van der Waals surface area contributed by atoms with E-state index in [1.807, 2.05) is 35.9 Å². The molecule has 3 heterocycles. The number of nitrogens with one attached hydrogen (secondary N) is 2. The van der Waals surface area contributed by atoms with Crippen LogP contribution in [0.1, 0.15) is 30.3 Å². The lowest BCUT2D eigenvalue weighted by Gasteiger charge is -2.34. The first-order chi connectivity index (χ1) is 14.6. The molecule has 0 unspecified atom stereocenters. The molecule has 1 aliphatic heterocycles. The van der Waals surface area contributed by atoms with Gasteiger partial charge in [-0.2, -0.15) is 0 Å². The van der Waals surface area contributed by atoms with E-state index in [0.29, 0.717) is 17.6 Å². The minimum atomic E-state index is -0.166. The summed E-state index contributed by atoms with van der Waals surface area (Å²) in [7, 11) is 1.85. The van der Waals surface area contributed by atoms with Crippen molar-refractivity contribution < 1.29 is 4.79 Å². The number of amides is 1. The molecular weight excluding hydrogens is 378 g/mol. The number of pyridine rings is 1. The first-order valence-electron chi connectivity index (χ1n) is 10.9. The number of benzene rings is 1. The standard InChI is InChI=1S/C23H31N5O2/c1-3-10-27-12-14-28(15-13-27)11-6-9-24-23(30)20-16-18-21(26(20)2)17-7-4-5-8-19(17)25-22(18)29/h4-5,7-8,16H,3,6,9-15H2,1-2H3,(H,24,30)(H,25,29). The fourth-order valence-corrected chi connectivity index (χ4v) is 4.46. The van der Waals surface area contributed by atoms with Gasteiger partial charge in [0, 0.05) is 45.2 Å². The molecular formula is C23H31N5O2. The molecule has 0 atom stereocenters. The maximum atomic E-state index is 12.8. The molecule has 2 aromatic heterocycles. The predicted molar refractivity (Wildman–Crippen MR) is 121 cm³/mol. The zero-order valence-electron chi connectivity index (χ0n) is 17.9. The molecule has 7 heteroatoms. The smallest absolute Gasteiger partial charge is 0.267 e. The molecule has 160 valence electrons. The molecule has 1 aliphatic rings. The second-order valence-corrected chi connectivity index (χ2v) is 8.14. The Labute approximate surface area is 176 Å². The van der Waals surface area contributed by atoms with E-state index >= 15 is 0 Å². The third-order valence-corrected chi connectivity index (χ3v) is 6.08. The van der Waals surface area contributed by atoms with Gasteiger partial charge in [0.05, 0.1) is 16.4 Å². The Balaban J connectivity index is 1.37. The van der Waals surface area contributed by atoms with Crippen molar-refractivity contribution in [3.8, 4) is 0 Å². The van der Waals surface area contributed by atoms with E-state index < -0.39 is 0 Å². The average Bonchev–Trinajstić information content (AvgIpc) is 3.11. The number of carbonyl (C=O) groups is 1. The largest absolute Gasteiger partial charge is 0.351 e. The second-order valence-electron chi connectivity index (χ2n) is 8.14. The van der Waals surface area contributed by atoms with Crippen LogP contribution in [0.4, 0.5) is 0 Å². The molecule has 0 bridgehead atoms. The van der Waals surface area contributed by atoms with E-state index in [9.17, 15) is 9.59 Å². The van der Waals surface area contributed by atoms with Crippen molar-refractivity contribution in [3.05, 3.63) is 46.4 Å². The Morgan fingerprint density at radius 3 is 2.50 bits per heavy atom. The topological polar surface area (TPSA) is 73.4 Å². The summed E-state index contributed by atoms with van der Waals surface area (Å²) < 4.78 is 1.83. The van der Waals surface area contributed by atoms with Gasteiger partial charge in [0.15, 0.2) is 0 Å². The maximum absolute atomic E-state index is 12.8. The number of aromatic nitrogens is 2. The van der Waals surface area contributed by atoms with Gasteiger partial charge in [0.1, 0.15) is 5.69 Å². The van der Waals surface area contributed by atoms with E-state index in [0.717, 1.165) is 55.6 Å². The van der Waals surface area contributed by atoms with E-state index in [1.165, 1.54) is 13.0 Å². The Morgan fingerprint density at radius 2 is 1.77 bits per heavy atom. The van der Waals surface area contributed by atoms with Crippen molar-refractivity contribution in [2.75, 3.05) is 45.8 Å². The summed E-state index contributed by atoms with van der Waals surface area (Å²) in [4.78, 5) is 33.1. The van der Waals surface area contributed by atoms with Gasteiger partial charge >= 0.3 is 0 Å². The molecule has 30 heavy (non-hydrogen) atoms. The quantitative estimate of drug-likeness (QED) is 0.587. The van der Waals surface area contributed by atoms with E-state index in [4.69, 9.17) is 0 Å². The number of para-hydroxylation sites is 1. The van der Waals surface area contributed by atoms with Crippen LogP contribution in [-0.2, 0) is 7.05 Å². The molecule has 7 nitrogen and oxygen atoms in total. The van der Waals surface area contributed by atoms with Crippen molar-refractivity contribution in [1.82, 2.24) is 24.7 Å². The monoisotopic (exact) mass is 409 g/mol. The van der Waals surface area contributed by atoms with Crippen LogP contribution >= 0.6 is 0 Å². The molecule has 1 fully saturated rings. The highest BCUT2D eigenvalue weighted by Crippen LogP contribution is 2.23. The van der Waals surface area contributed by atoms with E-state index in [-0.39, 0.29) is 11.5 Å². The van der Waals surface area contributed by atoms with Gasteiger partial charge < -0.3 is 24.7 Å². The van der Waals surface area contributed by atoms with Gasteiger partial charge in [0.25, 0.3) is 11.5 Å². The number of hydrogen-bond acceptors (Lipinski definition) is 4. The molecule has 0 aliphatic carbocycles. The van der Waals surface area contributed by atoms with Gasteiger partial charge in [0.2, 0.25) is 0 Å². The summed E-state index contributed by atoms with van der Waals surface area (Å²) in [5.74, 6) is -0.134. The highest BCUT2D eigenvalue weighted by molar-refractivity contribution is 6.07. The minimum Gasteiger partial charge on any atom is -0.351 e. The van der Waals surface area contributed by atoms with Crippen LogP contribution in [0.25, 0.3) is 21.8 Å². The highest BCUT2D eigenvalue weighted by Gasteiger charge is 2.18. The van der Waals surface area contributed by atoms with Crippen LogP contribution in [0.15, 0.2) is 35.1 Å². The minimum absolute atomic E-state index is 0.134. The second kappa shape index (κ2) is 9.02. The first kappa shape index (κ1) is 20.6. The number of aromatic amines is 1. The Bertz CT molecular complexity index is 1090. The van der Waals surface area contributed by atoms with Crippen molar-refractivity contribution in [1.29, 1.82) is 0 Å². The van der Waals surface area contributed by atoms with Crippen LogP contribution in [0.5, 0.6) is 0 Å². The number of fused-ring (bicyclic) bond motifs is 3. The third-order valence-electron chi connectivity index (χ3n) is 6.08. The molecule has 0 spiro atoms. The van der Waals surface area contributed by atoms with Crippen LogP contribution < -0.4 is 10.9 Å². The van der Waals surface area contributed by atoms with Gasteiger partial charge in [-0.05, 0) is 38.1 Å². The Kier molecular flexibility index (Phi) is 6.20. The summed E-state index contributed by atoms with van der Waals surface area (Å²) in [6.07, 6.45) is 2.13. The zero-order chi connectivity index (χ0) is 21.1. The SMILES string of the molecule is CCCN1CCN(CCCNC(=O)c2cc3c(=O)[nH]c4ccccc4c3n2C)CC1. The lowest BCUT2D eigenvalue weighted by Crippen LogP contribution is -2.47. The summed E-state index contributed by atoms with van der Waals surface area (Å²) in [5.41, 5.74) is 1.92. The van der Waals surface area contributed by atoms with Crippen LogP contribution in [-0.4, -0.2) is 71.1 Å². The maximum Gasteiger partial charge on any atom is 0.267 e. The predicted octanol–water partition coefficient (Wildman–Crippen LogP) is 2.17. The summed E-state index contributed by atoms with van der Waals surface area (Å²) in [5, 5.41) is 4.52. The van der Waals surface area contributed by atoms with Crippen LogP contribution in [0.2, 0.25) is 0 Å². The number of aryl methyl sites for hydroxylation is 1. The Hall–Kier alpha value is -2.64. The van der Waals surface area contributed by atoms with Gasteiger partial charge in [-0.15, -0.1) is 0 Å². The number of H-pyrrole nitrogens is 1. The summed E-state index contributed by atoms with van der Waals surface area (Å²) in [6.45, 7) is 9.53. The molecule has 1 amide bonds. The lowest BCUT2D eigenvalue weighted by molar-refractivity contribution is 0.0940. The van der Waals surface area contributed by atoms with Crippen LogP contribution in [0, 0.1) is 0 Å². The molecule has 3 aromatic rings. The van der Waals surface area contributed by atoms with Crippen molar-refractivity contribution in [2.24, 2.45) is 7.05 Å². The third kappa shape index (κ3) is 4.13. The molecule has 0 saturated carbocycles. The summed E-state index contributed by atoms with van der Waals surface area (Å²) in [6, 6.07) is 9.38. The average molecular weight is 410 g/mol. The van der Waals surface area contributed by atoms with Gasteiger partial charge in [-0.3, -0.25) is 9.59 Å². The molecule has 2 N–H and O–H groups in total. The van der Waals surface area contributed by atoms with E-state index in [2.05, 4.69) is 27.0 Å². The fourth-order valence-electron chi connectivity index (χ4n) is 4.46. The first-order valence-corrected chi connectivity index (χ1v) is 10.9. The molecule has 1 saturated heterocycles. The number of hydrogen-bond donors (Lipinski definition) is 2. The number of rotatable bonds is 7. The van der Waals surface area contributed by atoms with Gasteiger partial charge in [-0.25, -0.2) is 0 Å². The molecule has 0 radical (unpaired) electrons. The number of piperazine rings is 1. The fraction of sp³-hybridized carbons (Fsp3) is 0.478. The number of carbonyl (C=O) groups excluding carboxylic acids is 1. The zero-order valence-corrected chi connectivity index (χ0v) is 17.9. The van der Waals surface area contributed by atoms with Crippen molar-refractivity contribution >= 4 is 27.7 Å². The molecule has 1 aromatic carbocycles. The van der Waals surface area contributed by atoms with E-state index in [1.54, 1.807) is 6.07 Å². The number of nitrogens with zero attached hydrogens (tertiary/aromatic N) is 3. The Morgan fingerprint density at radius 1 is 1.07 bits per heavy atom. The van der Waals surface area contributed by atoms with Crippen molar-refractivity contribution in [2.45, 2.75) is 19.8 Å². The highest BCUT2D eigenvalue weighted by atomic mass is 16.2. The molecule has 4 rings (SSSR count). The lowest BCUT2D eigenvalue weighted by atomic mass is 10.1. The van der Waals surface area contributed by atoms with Crippen molar-refractivity contribution in [3.63, 3.8) is 0 Å².